The average Bonchev–Trinajstić information content (AvgIpc) is 2.99. The van der Waals surface area contributed by atoms with E-state index < -0.39 is 11.8 Å². The van der Waals surface area contributed by atoms with Gasteiger partial charge in [0.2, 0.25) is 5.91 Å². The zero-order valence-electron chi connectivity index (χ0n) is 23.1. The SMILES string of the molecule is COc1cccc(/C=C(\NC(=O)c2ccccc2)C(=O)Nc2ccc(SCC(=O)Nc3c(C)cccc3C)cc2)c1. The molecule has 0 spiro atoms. The lowest BCUT2D eigenvalue weighted by atomic mass is 10.1. The molecule has 8 heteroatoms. The molecule has 0 aliphatic rings. The van der Waals surface area contributed by atoms with Gasteiger partial charge in [-0.3, -0.25) is 14.4 Å². The van der Waals surface area contributed by atoms with Crippen LogP contribution in [-0.2, 0) is 9.59 Å². The van der Waals surface area contributed by atoms with Crippen LogP contribution in [0.2, 0.25) is 0 Å². The van der Waals surface area contributed by atoms with Crippen molar-refractivity contribution in [2.75, 3.05) is 23.5 Å². The second kappa shape index (κ2) is 14.0. The number of carbonyl (C=O) groups is 3. The molecule has 3 N–H and O–H groups in total. The maximum absolute atomic E-state index is 13.3. The van der Waals surface area contributed by atoms with E-state index in [0.29, 0.717) is 22.6 Å². The Labute approximate surface area is 244 Å². The van der Waals surface area contributed by atoms with Gasteiger partial charge in [0.05, 0.1) is 12.9 Å². The Balaban J connectivity index is 1.42. The van der Waals surface area contributed by atoms with Crippen LogP contribution in [0.4, 0.5) is 11.4 Å². The number of anilines is 2. The van der Waals surface area contributed by atoms with Crippen molar-refractivity contribution in [2.45, 2.75) is 18.7 Å². The van der Waals surface area contributed by atoms with Crippen LogP contribution in [0.25, 0.3) is 6.08 Å². The molecular weight excluding hydrogens is 534 g/mol. The zero-order valence-corrected chi connectivity index (χ0v) is 23.9. The van der Waals surface area contributed by atoms with Crippen LogP contribution in [0, 0.1) is 13.8 Å². The third kappa shape index (κ3) is 8.33. The Hall–Kier alpha value is -4.82. The molecule has 0 aliphatic carbocycles. The highest BCUT2D eigenvalue weighted by molar-refractivity contribution is 8.00. The second-order valence-corrected chi connectivity index (χ2v) is 10.3. The standard InChI is InChI=1S/C33H31N3O4S/c1-22-9-7-10-23(2)31(22)36-30(37)21-41-28-17-15-26(16-18-28)34-33(39)29(20-24-11-8-14-27(19-24)40-3)35-32(38)25-12-5-4-6-13-25/h4-20H,21H2,1-3H3,(H,34,39)(H,35,38)(H,36,37)/b29-20-. The molecule has 4 aromatic carbocycles. The number of hydrogen-bond donors (Lipinski definition) is 3. The highest BCUT2D eigenvalue weighted by atomic mass is 32.2. The summed E-state index contributed by atoms with van der Waals surface area (Å²) >= 11 is 1.40. The van der Waals surface area contributed by atoms with Crippen molar-refractivity contribution in [2.24, 2.45) is 0 Å². The van der Waals surface area contributed by atoms with E-state index >= 15 is 0 Å². The molecule has 41 heavy (non-hydrogen) atoms. The molecule has 0 bridgehead atoms. The number of carbonyl (C=O) groups excluding carboxylic acids is 3. The molecule has 0 saturated heterocycles. The normalized spacial score (nSPS) is 11.0. The van der Waals surface area contributed by atoms with Crippen LogP contribution in [0.15, 0.2) is 108 Å². The predicted molar refractivity (Wildman–Crippen MR) is 165 cm³/mol. The summed E-state index contributed by atoms with van der Waals surface area (Å²) in [6.07, 6.45) is 1.59. The molecule has 0 unspecified atom stereocenters. The van der Waals surface area contributed by atoms with Crippen molar-refractivity contribution in [1.29, 1.82) is 0 Å². The molecule has 4 rings (SSSR count). The first kappa shape index (κ1) is 29.2. The summed E-state index contributed by atoms with van der Waals surface area (Å²) in [6, 6.07) is 28.9. The Morgan fingerprint density at radius 2 is 1.49 bits per heavy atom. The predicted octanol–water partition coefficient (Wildman–Crippen LogP) is 6.45. The molecule has 0 aromatic heterocycles. The molecular formula is C33H31N3O4S. The van der Waals surface area contributed by atoms with Crippen molar-refractivity contribution < 1.29 is 19.1 Å². The van der Waals surface area contributed by atoms with Gasteiger partial charge in [0.15, 0.2) is 0 Å². The lowest BCUT2D eigenvalue weighted by Crippen LogP contribution is -2.30. The second-order valence-electron chi connectivity index (χ2n) is 9.24. The summed E-state index contributed by atoms with van der Waals surface area (Å²) in [5.74, 6) is -0.0976. The highest BCUT2D eigenvalue weighted by Gasteiger charge is 2.15. The van der Waals surface area contributed by atoms with E-state index in [9.17, 15) is 14.4 Å². The summed E-state index contributed by atoms with van der Waals surface area (Å²) in [5, 5.41) is 8.56. The van der Waals surface area contributed by atoms with Gasteiger partial charge in [-0.25, -0.2) is 0 Å². The summed E-state index contributed by atoms with van der Waals surface area (Å²) < 4.78 is 5.28. The summed E-state index contributed by atoms with van der Waals surface area (Å²) in [5.41, 5.74) is 4.62. The topological polar surface area (TPSA) is 96.5 Å². The third-order valence-corrected chi connectivity index (χ3v) is 7.17. The molecule has 0 fully saturated rings. The van der Waals surface area contributed by atoms with E-state index in [2.05, 4.69) is 16.0 Å². The number of nitrogens with one attached hydrogen (secondary N) is 3. The van der Waals surface area contributed by atoms with Crippen LogP contribution in [0.3, 0.4) is 0 Å². The number of ether oxygens (including phenoxy) is 1. The van der Waals surface area contributed by atoms with Crippen molar-refractivity contribution in [3.05, 3.63) is 125 Å². The van der Waals surface area contributed by atoms with Crippen molar-refractivity contribution in [3.63, 3.8) is 0 Å². The van der Waals surface area contributed by atoms with Crippen LogP contribution < -0.4 is 20.7 Å². The Morgan fingerprint density at radius 1 is 0.805 bits per heavy atom. The van der Waals surface area contributed by atoms with E-state index in [0.717, 1.165) is 21.7 Å². The van der Waals surface area contributed by atoms with Gasteiger partial charge in [0.1, 0.15) is 11.4 Å². The summed E-state index contributed by atoms with van der Waals surface area (Å²) in [6.45, 7) is 3.93. The van der Waals surface area contributed by atoms with Gasteiger partial charge in [0, 0.05) is 21.8 Å². The number of amides is 3. The molecule has 208 valence electrons. The van der Waals surface area contributed by atoms with Gasteiger partial charge >= 0.3 is 0 Å². The van der Waals surface area contributed by atoms with Crippen LogP contribution in [0.5, 0.6) is 5.75 Å². The molecule has 0 saturated carbocycles. The minimum absolute atomic E-state index is 0.0775. The van der Waals surface area contributed by atoms with Gasteiger partial charge in [-0.2, -0.15) is 0 Å². The Kier molecular flexibility index (Phi) is 9.96. The maximum atomic E-state index is 13.3. The first-order valence-electron chi connectivity index (χ1n) is 12.9. The van der Waals surface area contributed by atoms with Crippen LogP contribution >= 0.6 is 11.8 Å². The number of thioether (sulfide) groups is 1. The molecule has 4 aromatic rings. The van der Waals surface area contributed by atoms with E-state index in [-0.39, 0.29) is 17.4 Å². The lowest BCUT2D eigenvalue weighted by Gasteiger charge is -2.12. The summed E-state index contributed by atoms with van der Waals surface area (Å²) in [4.78, 5) is 39.5. The first-order chi connectivity index (χ1) is 19.8. The zero-order chi connectivity index (χ0) is 29.2. The highest BCUT2D eigenvalue weighted by Crippen LogP contribution is 2.23. The van der Waals surface area contributed by atoms with Crippen molar-refractivity contribution in [3.8, 4) is 5.75 Å². The Bertz CT molecular complexity index is 1550. The fraction of sp³-hybridized carbons (Fsp3) is 0.121. The maximum Gasteiger partial charge on any atom is 0.272 e. The third-order valence-electron chi connectivity index (χ3n) is 6.16. The fourth-order valence-electron chi connectivity index (χ4n) is 4.01. The number of hydrogen-bond acceptors (Lipinski definition) is 5. The number of para-hydroxylation sites is 1. The van der Waals surface area contributed by atoms with Gasteiger partial charge in [-0.1, -0.05) is 48.5 Å². The van der Waals surface area contributed by atoms with Gasteiger partial charge in [-0.05, 0) is 85.1 Å². The number of methoxy groups -OCH3 is 1. The van der Waals surface area contributed by atoms with E-state index in [4.69, 9.17) is 4.74 Å². The smallest absolute Gasteiger partial charge is 0.272 e. The molecule has 7 nitrogen and oxygen atoms in total. The van der Waals surface area contributed by atoms with Crippen molar-refractivity contribution >= 4 is 46.9 Å². The van der Waals surface area contributed by atoms with E-state index in [1.54, 1.807) is 67.8 Å². The van der Waals surface area contributed by atoms with Gasteiger partial charge in [-0.15, -0.1) is 11.8 Å². The van der Waals surface area contributed by atoms with E-state index in [1.165, 1.54) is 11.8 Å². The number of aryl methyl sites for hydroxylation is 2. The first-order valence-corrected chi connectivity index (χ1v) is 13.9. The monoisotopic (exact) mass is 565 g/mol. The van der Waals surface area contributed by atoms with Crippen LogP contribution in [-0.4, -0.2) is 30.6 Å². The van der Waals surface area contributed by atoms with E-state index in [1.807, 2.05) is 56.3 Å². The minimum Gasteiger partial charge on any atom is -0.497 e. The average molecular weight is 566 g/mol. The molecule has 0 heterocycles. The van der Waals surface area contributed by atoms with Crippen molar-refractivity contribution in [1.82, 2.24) is 5.32 Å². The summed E-state index contributed by atoms with van der Waals surface area (Å²) in [7, 11) is 1.56. The minimum atomic E-state index is -0.481. The lowest BCUT2D eigenvalue weighted by molar-refractivity contribution is -0.114. The fourth-order valence-corrected chi connectivity index (χ4v) is 4.71. The Morgan fingerprint density at radius 3 is 2.17 bits per heavy atom. The quantitative estimate of drug-likeness (QED) is 0.152. The molecule has 3 amide bonds. The largest absolute Gasteiger partial charge is 0.497 e. The van der Waals surface area contributed by atoms with Gasteiger partial charge < -0.3 is 20.7 Å². The number of benzene rings is 4. The molecule has 0 atom stereocenters. The molecule has 0 aliphatic heterocycles. The number of rotatable bonds is 10. The molecule has 0 radical (unpaired) electrons. The van der Waals surface area contributed by atoms with Crippen LogP contribution in [0.1, 0.15) is 27.0 Å². The van der Waals surface area contributed by atoms with Gasteiger partial charge in [0.25, 0.3) is 11.8 Å².